The molecule has 1 unspecified atom stereocenters. The number of para-hydroxylation sites is 1. The topological polar surface area (TPSA) is 42.7 Å². The van der Waals surface area contributed by atoms with Crippen LogP contribution >= 0.6 is 11.3 Å². The van der Waals surface area contributed by atoms with Crippen molar-refractivity contribution in [1.82, 2.24) is 14.5 Å². The molecule has 20 heavy (non-hydrogen) atoms. The largest absolute Gasteiger partial charge is 0.346 e. The molecule has 4 nitrogen and oxygen atoms in total. The number of nitrogens with one attached hydrogen (secondary N) is 1. The van der Waals surface area contributed by atoms with Crippen LogP contribution in [0.3, 0.4) is 0 Å². The summed E-state index contributed by atoms with van der Waals surface area (Å²) in [7, 11) is 0. The number of aromatic nitrogens is 3. The van der Waals surface area contributed by atoms with Crippen LogP contribution in [0, 0.1) is 6.92 Å². The van der Waals surface area contributed by atoms with Gasteiger partial charge >= 0.3 is 0 Å². The van der Waals surface area contributed by atoms with Gasteiger partial charge in [-0.15, -0.1) is 11.3 Å². The van der Waals surface area contributed by atoms with Gasteiger partial charge in [-0.05, 0) is 26.0 Å². The molecule has 102 valence electrons. The molecule has 0 bridgehead atoms. The van der Waals surface area contributed by atoms with E-state index in [1.807, 2.05) is 35.2 Å². The third kappa shape index (κ3) is 2.58. The normalized spacial score (nSPS) is 12.3. The summed E-state index contributed by atoms with van der Waals surface area (Å²) in [6, 6.07) is 10.3. The predicted octanol–water partition coefficient (Wildman–Crippen LogP) is 3.81. The van der Waals surface area contributed by atoms with Crippen LogP contribution in [-0.4, -0.2) is 14.5 Å². The molecule has 1 atom stereocenters. The SMILES string of the molecule is Cc1cnc(C(C)Nc2nccn2-c2ccccc2)s1. The highest BCUT2D eigenvalue weighted by Crippen LogP contribution is 2.23. The fourth-order valence-electron chi connectivity index (χ4n) is 2.03. The standard InChI is InChI=1S/C15H16N4S/c1-11-10-17-14(20-11)12(2)18-15-16-8-9-19(15)13-6-4-3-5-7-13/h3-10,12H,1-2H3,(H,16,18). The first-order chi connectivity index (χ1) is 9.74. The van der Waals surface area contributed by atoms with E-state index < -0.39 is 0 Å². The quantitative estimate of drug-likeness (QED) is 0.792. The van der Waals surface area contributed by atoms with Crippen LogP contribution in [0.1, 0.15) is 22.9 Å². The van der Waals surface area contributed by atoms with Crippen LogP contribution in [0.4, 0.5) is 5.95 Å². The molecule has 1 aromatic carbocycles. The molecule has 0 aliphatic carbocycles. The second kappa shape index (κ2) is 5.46. The highest BCUT2D eigenvalue weighted by Gasteiger charge is 2.12. The Labute approximate surface area is 122 Å². The van der Waals surface area contributed by atoms with E-state index in [1.165, 1.54) is 4.88 Å². The van der Waals surface area contributed by atoms with Crippen molar-refractivity contribution < 1.29 is 0 Å². The second-order valence-corrected chi connectivity index (χ2v) is 5.90. The Kier molecular flexibility index (Phi) is 3.52. The molecule has 3 aromatic rings. The van der Waals surface area contributed by atoms with E-state index in [0.29, 0.717) is 0 Å². The molecule has 0 aliphatic rings. The van der Waals surface area contributed by atoms with E-state index >= 15 is 0 Å². The van der Waals surface area contributed by atoms with Crippen molar-refractivity contribution in [3.05, 3.63) is 58.8 Å². The molecule has 1 N–H and O–H groups in total. The van der Waals surface area contributed by atoms with E-state index in [-0.39, 0.29) is 6.04 Å². The number of thiazole rings is 1. The second-order valence-electron chi connectivity index (χ2n) is 4.63. The first-order valence-corrected chi connectivity index (χ1v) is 7.33. The molecule has 0 fully saturated rings. The van der Waals surface area contributed by atoms with Gasteiger partial charge in [0.1, 0.15) is 5.01 Å². The predicted molar refractivity (Wildman–Crippen MR) is 82.5 cm³/mol. The van der Waals surface area contributed by atoms with E-state index in [9.17, 15) is 0 Å². The Hall–Kier alpha value is -2.14. The molecule has 0 aliphatic heterocycles. The zero-order valence-corrected chi connectivity index (χ0v) is 12.3. The highest BCUT2D eigenvalue weighted by molar-refractivity contribution is 7.11. The third-order valence-electron chi connectivity index (χ3n) is 3.03. The number of anilines is 1. The first kappa shape index (κ1) is 12.9. The Morgan fingerprint density at radius 2 is 2.00 bits per heavy atom. The lowest BCUT2D eigenvalue weighted by Gasteiger charge is -2.14. The average Bonchev–Trinajstić information content (AvgIpc) is 3.09. The number of benzene rings is 1. The number of aryl methyl sites for hydroxylation is 1. The maximum absolute atomic E-state index is 4.42. The molecule has 0 saturated carbocycles. The van der Waals surface area contributed by atoms with Gasteiger partial charge in [-0.2, -0.15) is 0 Å². The van der Waals surface area contributed by atoms with Crippen molar-refractivity contribution in [2.75, 3.05) is 5.32 Å². The van der Waals surface area contributed by atoms with Gasteiger partial charge in [0, 0.05) is 29.2 Å². The van der Waals surface area contributed by atoms with Crippen molar-refractivity contribution in [3.8, 4) is 5.69 Å². The zero-order valence-electron chi connectivity index (χ0n) is 11.4. The maximum Gasteiger partial charge on any atom is 0.208 e. The summed E-state index contributed by atoms with van der Waals surface area (Å²) in [5, 5.41) is 4.49. The molecule has 0 amide bonds. The van der Waals surface area contributed by atoms with Crippen molar-refractivity contribution >= 4 is 17.3 Å². The number of hydrogen-bond acceptors (Lipinski definition) is 4. The monoisotopic (exact) mass is 284 g/mol. The van der Waals surface area contributed by atoms with Crippen LogP contribution in [-0.2, 0) is 0 Å². The van der Waals surface area contributed by atoms with Gasteiger partial charge in [-0.25, -0.2) is 9.97 Å². The highest BCUT2D eigenvalue weighted by atomic mass is 32.1. The zero-order chi connectivity index (χ0) is 13.9. The smallest absolute Gasteiger partial charge is 0.208 e. The van der Waals surface area contributed by atoms with Gasteiger partial charge in [0.25, 0.3) is 0 Å². The molecular weight excluding hydrogens is 268 g/mol. The molecule has 3 rings (SSSR count). The number of rotatable bonds is 4. The first-order valence-electron chi connectivity index (χ1n) is 6.51. The number of nitrogens with zero attached hydrogens (tertiary/aromatic N) is 3. The van der Waals surface area contributed by atoms with Gasteiger partial charge in [0.15, 0.2) is 0 Å². The van der Waals surface area contributed by atoms with E-state index in [4.69, 9.17) is 0 Å². The van der Waals surface area contributed by atoms with Gasteiger partial charge in [-0.1, -0.05) is 18.2 Å². The minimum Gasteiger partial charge on any atom is -0.346 e. The lowest BCUT2D eigenvalue weighted by molar-refractivity contribution is 0.840. The van der Waals surface area contributed by atoms with Crippen LogP contribution in [0.2, 0.25) is 0 Å². The van der Waals surface area contributed by atoms with Gasteiger partial charge < -0.3 is 5.32 Å². The fourth-order valence-corrected chi connectivity index (χ4v) is 2.81. The van der Waals surface area contributed by atoms with Crippen LogP contribution in [0.5, 0.6) is 0 Å². The fraction of sp³-hybridized carbons (Fsp3) is 0.200. The summed E-state index contributed by atoms with van der Waals surface area (Å²) in [4.78, 5) is 10.0. The Balaban J connectivity index is 1.84. The Bertz CT molecular complexity index is 687. The van der Waals surface area contributed by atoms with Crippen molar-refractivity contribution in [1.29, 1.82) is 0 Å². The van der Waals surface area contributed by atoms with Crippen LogP contribution in [0.15, 0.2) is 48.9 Å². The average molecular weight is 284 g/mol. The minimum atomic E-state index is 0.138. The van der Waals surface area contributed by atoms with Gasteiger partial charge in [0.05, 0.1) is 6.04 Å². The van der Waals surface area contributed by atoms with E-state index in [1.54, 1.807) is 17.5 Å². The molecule has 5 heteroatoms. The summed E-state index contributed by atoms with van der Waals surface area (Å²) in [6.45, 7) is 4.17. The van der Waals surface area contributed by atoms with Crippen LogP contribution in [0.25, 0.3) is 5.69 Å². The molecule has 0 spiro atoms. The van der Waals surface area contributed by atoms with Crippen molar-refractivity contribution in [3.63, 3.8) is 0 Å². The van der Waals surface area contributed by atoms with Crippen LogP contribution < -0.4 is 5.32 Å². The van der Waals surface area contributed by atoms with E-state index in [2.05, 4.69) is 41.3 Å². The molecule has 0 saturated heterocycles. The van der Waals surface area contributed by atoms with E-state index in [0.717, 1.165) is 16.6 Å². The Morgan fingerprint density at radius 3 is 2.70 bits per heavy atom. The number of imidazole rings is 1. The molecule has 2 aromatic heterocycles. The maximum atomic E-state index is 4.42. The summed E-state index contributed by atoms with van der Waals surface area (Å²) >= 11 is 1.71. The molecule has 0 radical (unpaired) electrons. The summed E-state index contributed by atoms with van der Waals surface area (Å²) in [5.74, 6) is 0.830. The van der Waals surface area contributed by atoms with Gasteiger partial charge in [0.2, 0.25) is 5.95 Å². The summed E-state index contributed by atoms with van der Waals surface area (Å²) < 4.78 is 2.04. The number of hydrogen-bond donors (Lipinski definition) is 1. The van der Waals surface area contributed by atoms with Crippen molar-refractivity contribution in [2.45, 2.75) is 19.9 Å². The minimum absolute atomic E-state index is 0.138. The summed E-state index contributed by atoms with van der Waals surface area (Å²) in [6.07, 6.45) is 5.66. The lowest BCUT2D eigenvalue weighted by atomic mass is 10.3. The molecule has 2 heterocycles. The van der Waals surface area contributed by atoms with Crippen molar-refractivity contribution in [2.24, 2.45) is 0 Å². The summed E-state index contributed by atoms with van der Waals surface area (Å²) in [5.41, 5.74) is 1.09. The third-order valence-corrected chi connectivity index (χ3v) is 4.13. The van der Waals surface area contributed by atoms with Gasteiger partial charge in [-0.3, -0.25) is 4.57 Å². The molecular formula is C15H16N4S. The lowest BCUT2D eigenvalue weighted by Crippen LogP contribution is -2.10. The Morgan fingerprint density at radius 1 is 1.20 bits per heavy atom.